The van der Waals surface area contributed by atoms with Crippen molar-refractivity contribution in [2.45, 2.75) is 67.9 Å². The highest BCUT2D eigenvalue weighted by Crippen LogP contribution is 2.27. The van der Waals surface area contributed by atoms with E-state index in [9.17, 15) is 0 Å². The van der Waals surface area contributed by atoms with E-state index < -0.39 is 0 Å². The minimum Gasteiger partial charge on any atom is -0.496 e. The first-order valence-electron chi connectivity index (χ1n) is 11.6. The van der Waals surface area contributed by atoms with Gasteiger partial charge in [-0.1, -0.05) is 48.3 Å². The Balaban J connectivity index is 1.52. The van der Waals surface area contributed by atoms with Crippen LogP contribution in [-0.2, 0) is 4.43 Å². The molecule has 1 atom stereocenters. The number of nitrogens with one attached hydrogen (secondary N) is 3. The lowest BCUT2D eigenvalue weighted by Gasteiger charge is -2.18. The molecular formula is C23H33IN6O2. The number of alkyl halides is 1. The lowest BCUT2D eigenvalue weighted by molar-refractivity contribution is 0.257. The Morgan fingerprint density at radius 2 is 1.84 bits per heavy atom. The predicted octanol–water partition coefficient (Wildman–Crippen LogP) is 4.82. The number of ether oxygens (including phenoxy) is 2. The van der Waals surface area contributed by atoms with E-state index in [1.165, 1.54) is 32.1 Å². The van der Waals surface area contributed by atoms with E-state index in [4.69, 9.17) is 9.47 Å². The van der Waals surface area contributed by atoms with Crippen LogP contribution in [0.3, 0.4) is 0 Å². The van der Waals surface area contributed by atoms with Crippen LogP contribution < -0.4 is 25.4 Å². The summed E-state index contributed by atoms with van der Waals surface area (Å²) in [5.74, 6) is 1.94. The summed E-state index contributed by atoms with van der Waals surface area (Å²) in [4.78, 5) is 13.8. The molecule has 0 spiro atoms. The highest BCUT2D eigenvalue weighted by Gasteiger charge is 2.18. The maximum Gasteiger partial charge on any atom is 0.323 e. The summed E-state index contributed by atoms with van der Waals surface area (Å²) < 4.78 is 12.3. The average Bonchev–Trinajstić information content (AvgIpc) is 3.21. The molecule has 1 aromatic carbocycles. The summed E-state index contributed by atoms with van der Waals surface area (Å²) >= 11 is 2.34. The molecule has 3 N–H and O–H groups in total. The number of hydrogen-bond donors (Lipinski definition) is 3. The van der Waals surface area contributed by atoms with Gasteiger partial charge >= 0.3 is 6.01 Å². The van der Waals surface area contributed by atoms with Gasteiger partial charge in [0.1, 0.15) is 12.4 Å². The van der Waals surface area contributed by atoms with Crippen molar-refractivity contribution in [2.75, 3.05) is 30.9 Å². The van der Waals surface area contributed by atoms with Gasteiger partial charge in [-0.3, -0.25) is 0 Å². The molecule has 2 aliphatic rings. The topological polar surface area (TPSA) is 93.2 Å². The number of nitrogens with zero attached hydrogens (tertiary/aromatic N) is 3. The van der Waals surface area contributed by atoms with Gasteiger partial charge in [-0.15, -0.1) is 0 Å². The SMILES string of the molecule is COc1ccc(Nc2nc(NC3CCCCCC3)nc(OCC3CCCN3)n2)cc1CI. The Morgan fingerprint density at radius 1 is 1.03 bits per heavy atom. The molecule has 4 rings (SSSR count). The lowest BCUT2D eigenvalue weighted by Crippen LogP contribution is -2.28. The van der Waals surface area contributed by atoms with Crippen LogP contribution in [-0.4, -0.2) is 47.3 Å². The molecule has 32 heavy (non-hydrogen) atoms. The molecule has 1 aromatic heterocycles. The van der Waals surface area contributed by atoms with Crippen LogP contribution in [0.25, 0.3) is 0 Å². The molecule has 174 valence electrons. The Hall–Kier alpha value is -1.88. The van der Waals surface area contributed by atoms with Gasteiger partial charge in [0.25, 0.3) is 0 Å². The van der Waals surface area contributed by atoms with Gasteiger partial charge in [0.15, 0.2) is 0 Å². The summed E-state index contributed by atoms with van der Waals surface area (Å²) in [5, 5.41) is 10.3. The van der Waals surface area contributed by atoms with Crippen LogP contribution in [0, 0.1) is 0 Å². The van der Waals surface area contributed by atoms with E-state index in [1.54, 1.807) is 7.11 Å². The first-order valence-corrected chi connectivity index (χ1v) is 13.1. The maximum absolute atomic E-state index is 5.98. The fraction of sp³-hybridized carbons (Fsp3) is 0.609. The predicted molar refractivity (Wildman–Crippen MR) is 135 cm³/mol. The molecule has 9 heteroatoms. The molecule has 0 radical (unpaired) electrons. The second-order valence-corrected chi connectivity index (χ2v) is 9.25. The Morgan fingerprint density at radius 3 is 2.56 bits per heavy atom. The molecule has 1 aliphatic carbocycles. The molecule has 2 aromatic rings. The number of aromatic nitrogens is 3. The molecule has 1 saturated heterocycles. The standard InChI is InChI=1S/C23H33IN6O2/c1-31-20-11-10-18(13-16(20)14-24)27-22-28-21(26-17-7-4-2-3-5-8-17)29-23(30-22)32-15-19-9-6-12-25-19/h10-11,13,17,19,25H,2-9,12,14-15H2,1H3,(H2,26,27,28,29,30). The van der Waals surface area contributed by atoms with Crippen LogP contribution >= 0.6 is 22.6 Å². The van der Waals surface area contributed by atoms with E-state index >= 15 is 0 Å². The number of anilines is 3. The third kappa shape index (κ3) is 6.57. The molecule has 8 nitrogen and oxygen atoms in total. The first kappa shape index (κ1) is 23.3. The van der Waals surface area contributed by atoms with E-state index in [1.807, 2.05) is 12.1 Å². The molecule has 0 amide bonds. The maximum atomic E-state index is 5.98. The normalized spacial score (nSPS) is 19.4. The number of benzene rings is 1. The van der Waals surface area contributed by atoms with Crippen LogP contribution in [0.1, 0.15) is 56.9 Å². The molecular weight excluding hydrogens is 519 g/mol. The quantitative estimate of drug-likeness (QED) is 0.232. The number of rotatable bonds is 9. The van der Waals surface area contributed by atoms with Gasteiger partial charge in [0.05, 0.1) is 7.11 Å². The van der Waals surface area contributed by atoms with Crippen LogP contribution in [0.2, 0.25) is 0 Å². The van der Waals surface area contributed by atoms with Crippen molar-refractivity contribution >= 4 is 40.2 Å². The second-order valence-electron chi connectivity index (χ2n) is 8.49. The highest BCUT2D eigenvalue weighted by atomic mass is 127. The van der Waals surface area contributed by atoms with Crippen molar-refractivity contribution in [1.82, 2.24) is 20.3 Å². The third-order valence-electron chi connectivity index (χ3n) is 6.06. The monoisotopic (exact) mass is 552 g/mol. The number of methoxy groups -OCH3 is 1. The molecule has 2 heterocycles. The zero-order valence-corrected chi connectivity index (χ0v) is 20.9. The van der Waals surface area contributed by atoms with Crippen LogP contribution in [0.5, 0.6) is 11.8 Å². The summed E-state index contributed by atoms with van der Waals surface area (Å²) in [6.45, 7) is 1.61. The molecule has 0 bridgehead atoms. The summed E-state index contributed by atoms with van der Waals surface area (Å²) in [5.41, 5.74) is 2.03. The smallest absolute Gasteiger partial charge is 0.323 e. The van der Waals surface area contributed by atoms with Crippen molar-refractivity contribution in [2.24, 2.45) is 0 Å². The third-order valence-corrected chi connectivity index (χ3v) is 6.88. The first-order chi connectivity index (χ1) is 15.7. The molecule has 1 unspecified atom stereocenters. The van der Waals surface area contributed by atoms with Crippen molar-refractivity contribution in [3.8, 4) is 11.8 Å². The number of halogens is 1. The Bertz CT molecular complexity index is 870. The largest absolute Gasteiger partial charge is 0.496 e. The van der Waals surface area contributed by atoms with E-state index in [2.05, 4.69) is 59.6 Å². The Kier molecular flexibility index (Phi) is 8.61. The number of hydrogen-bond acceptors (Lipinski definition) is 8. The van der Waals surface area contributed by atoms with Crippen molar-refractivity contribution in [3.05, 3.63) is 23.8 Å². The Labute approximate surface area is 203 Å². The van der Waals surface area contributed by atoms with Gasteiger partial charge in [-0.05, 0) is 50.4 Å². The molecule has 2 fully saturated rings. The summed E-state index contributed by atoms with van der Waals surface area (Å²) in [7, 11) is 1.69. The minimum atomic E-state index is 0.356. The van der Waals surface area contributed by atoms with Gasteiger partial charge in [0, 0.05) is 27.8 Å². The lowest BCUT2D eigenvalue weighted by atomic mass is 10.1. The fourth-order valence-electron chi connectivity index (χ4n) is 4.31. The zero-order valence-electron chi connectivity index (χ0n) is 18.7. The van der Waals surface area contributed by atoms with Gasteiger partial charge in [-0.2, -0.15) is 15.0 Å². The zero-order chi connectivity index (χ0) is 22.2. The van der Waals surface area contributed by atoms with Crippen LogP contribution in [0.4, 0.5) is 17.6 Å². The van der Waals surface area contributed by atoms with Crippen molar-refractivity contribution < 1.29 is 9.47 Å². The van der Waals surface area contributed by atoms with Crippen LogP contribution in [0.15, 0.2) is 18.2 Å². The van der Waals surface area contributed by atoms with Crippen molar-refractivity contribution in [1.29, 1.82) is 0 Å². The fourth-order valence-corrected chi connectivity index (χ4v) is 4.91. The van der Waals surface area contributed by atoms with Gasteiger partial charge < -0.3 is 25.4 Å². The van der Waals surface area contributed by atoms with Crippen molar-refractivity contribution in [3.63, 3.8) is 0 Å². The van der Waals surface area contributed by atoms with E-state index in [0.29, 0.717) is 36.6 Å². The van der Waals surface area contributed by atoms with E-state index in [-0.39, 0.29) is 0 Å². The summed E-state index contributed by atoms with van der Waals surface area (Å²) in [6, 6.07) is 7.11. The second kappa shape index (κ2) is 11.8. The van der Waals surface area contributed by atoms with Gasteiger partial charge in [0.2, 0.25) is 11.9 Å². The van der Waals surface area contributed by atoms with E-state index in [0.717, 1.165) is 47.2 Å². The molecule has 1 aliphatic heterocycles. The highest BCUT2D eigenvalue weighted by molar-refractivity contribution is 14.1. The summed E-state index contributed by atoms with van der Waals surface area (Å²) in [6.07, 6.45) is 9.70. The van der Waals surface area contributed by atoms with Gasteiger partial charge in [-0.25, -0.2) is 0 Å². The molecule has 1 saturated carbocycles. The average molecular weight is 552 g/mol. The minimum absolute atomic E-state index is 0.356.